The zero-order chi connectivity index (χ0) is 11.7. The van der Waals surface area contributed by atoms with Gasteiger partial charge in [-0.1, -0.05) is 28.9 Å². The molecule has 0 fully saturated rings. The average Bonchev–Trinajstić information content (AvgIpc) is 2.66. The number of carbonyl (C=O) groups is 1. The summed E-state index contributed by atoms with van der Waals surface area (Å²) in [5.41, 5.74) is 3.64. The molecule has 1 heterocycles. The quantitative estimate of drug-likeness (QED) is 0.839. The van der Waals surface area contributed by atoms with Gasteiger partial charge < -0.3 is 9.63 Å². The van der Waals surface area contributed by atoms with Gasteiger partial charge >= 0.3 is 5.97 Å². The normalized spacial score (nSPS) is 10.4. The van der Waals surface area contributed by atoms with Gasteiger partial charge in [-0.15, -0.1) is 0 Å². The number of hydrogen-bond donors (Lipinski definition) is 1. The molecule has 0 amide bonds. The van der Waals surface area contributed by atoms with Crippen molar-refractivity contribution in [3.05, 3.63) is 41.2 Å². The number of nitrogens with zero attached hydrogens (tertiary/aromatic N) is 1. The van der Waals surface area contributed by atoms with Crippen LogP contribution in [0.25, 0.3) is 11.3 Å². The molecule has 4 heteroatoms. The molecule has 2 aromatic rings. The van der Waals surface area contributed by atoms with E-state index in [9.17, 15) is 4.79 Å². The number of rotatable bonds is 2. The summed E-state index contributed by atoms with van der Waals surface area (Å²) < 4.78 is 4.72. The van der Waals surface area contributed by atoms with Crippen LogP contribution in [0.1, 0.15) is 21.7 Å². The molecule has 0 radical (unpaired) electrons. The molecule has 0 aliphatic rings. The number of aromatic carboxylic acids is 1. The predicted molar refractivity (Wildman–Crippen MR) is 58.4 cm³/mol. The molecule has 4 nitrogen and oxygen atoms in total. The highest BCUT2D eigenvalue weighted by atomic mass is 16.5. The van der Waals surface area contributed by atoms with E-state index >= 15 is 0 Å². The molecular formula is C12H11NO3. The van der Waals surface area contributed by atoms with Crippen molar-refractivity contribution < 1.29 is 14.4 Å². The fourth-order valence-electron chi connectivity index (χ4n) is 1.60. The Kier molecular flexibility index (Phi) is 2.48. The number of aromatic nitrogens is 1. The summed E-state index contributed by atoms with van der Waals surface area (Å²) >= 11 is 0. The molecule has 0 saturated heterocycles. The fraction of sp³-hybridized carbons (Fsp3) is 0.167. The zero-order valence-electron chi connectivity index (χ0n) is 9.02. The van der Waals surface area contributed by atoms with Crippen LogP contribution in [-0.4, -0.2) is 16.2 Å². The Balaban J connectivity index is 2.46. The standard InChI is InChI=1S/C12H11NO3/c1-7-3-4-9(8(2)5-7)10-6-11(12(14)15)16-13-10/h3-6H,1-2H3,(H,14,15). The van der Waals surface area contributed by atoms with Gasteiger partial charge in [0.2, 0.25) is 5.76 Å². The molecule has 0 aliphatic carbocycles. The minimum absolute atomic E-state index is 0.144. The molecule has 0 atom stereocenters. The Morgan fingerprint density at radius 3 is 2.62 bits per heavy atom. The zero-order valence-corrected chi connectivity index (χ0v) is 9.02. The third-order valence-electron chi connectivity index (χ3n) is 2.38. The van der Waals surface area contributed by atoms with Crippen molar-refractivity contribution >= 4 is 5.97 Å². The Morgan fingerprint density at radius 1 is 1.31 bits per heavy atom. The lowest BCUT2D eigenvalue weighted by Gasteiger charge is -2.02. The topological polar surface area (TPSA) is 63.3 Å². The van der Waals surface area contributed by atoms with Crippen LogP contribution in [0.4, 0.5) is 0 Å². The van der Waals surface area contributed by atoms with Crippen LogP contribution in [0, 0.1) is 13.8 Å². The summed E-state index contributed by atoms with van der Waals surface area (Å²) in [4.78, 5) is 10.7. The maximum Gasteiger partial charge on any atom is 0.374 e. The highest BCUT2D eigenvalue weighted by Gasteiger charge is 2.13. The number of benzene rings is 1. The van der Waals surface area contributed by atoms with Crippen molar-refractivity contribution in [2.75, 3.05) is 0 Å². The Morgan fingerprint density at radius 2 is 2.06 bits per heavy atom. The van der Waals surface area contributed by atoms with Crippen LogP contribution < -0.4 is 0 Å². The third kappa shape index (κ3) is 1.82. The lowest BCUT2D eigenvalue weighted by atomic mass is 10.0. The first-order chi connectivity index (χ1) is 7.58. The maximum absolute atomic E-state index is 10.7. The molecule has 0 spiro atoms. The third-order valence-corrected chi connectivity index (χ3v) is 2.38. The van der Waals surface area contributed by atoms with Gasteiger partial charge in [-0.2, -0.15) is 0 Å². The SMILES string of the molecule is Cc1ccc(-c2cc(C(=O)O)on2)c(C)c1. The lowest BCUT2D eigenvalue weighted by Crippen LogP contribution is -1.91. The van der Waals surface area contributed by atoms with Gasteiger partial charge in [0, 0.05) is 11.6 Å². The summed E-state index contributed by atoms with van der Waals surface area (Å²) in [6.07, 6.45) is 0. The van der Waals surface area contributed by atoms with Crippen molar-refractivity contribution in [2.24, 2.45) is 0 Å². The van der Waals surface area contributed by atoms with Gasteiger partial charge in [0.15, 0.2) is 0 Å². The summed E-state index contributed by atoms with van der Waals surface area (Å²) in [5.74, 6) is -1.25. The predicted octanol–water partition coefficient (Wildman–Crippen LogP) is 2.66. The lowest BCUT2D eigenvalue weighted by molar-refractivity contribution is 0.0652. The summed E-state index contributed by atoms with van der Waals surface area (Å²) in [6.45, 7) is 3.96. The molecule has 2 rings (SSSR count). The van der Waals surface area contributed by atoms with E-state index in [1.54, 1.807) is 0 Å². The summed E-state index contributed by atoms with van der Waals surface area (Å²) in [5, 5.41) is 12.5. The largest absolute Gasteiger partial charge is 0.475 e. The molecule has 0 saturated carbocycles. The van der Waals surface area contributed by atoms with Crippen molar-refractivity contribution in [1.29, 1.82) is 0 Å². The molecule has 0 aliphatic heterocycles. The Bertz CT molecular complexity index is 543. The van der Waals surface area contributed by atoms with Crippen LogP contribution in [0.2, 0.25) is 0 Å². The first kappa shape index (κ1) is 10.4. The van der Waals surface area contributed by atoms with Crippen LogP contribution in [0.5, 0.6) is 0 Å². The molecule has 1 aromatic carbocycles. The highest BCUT2D eigenvalue weighted by Crippen LogP contribution is 2.23. The monoisotopic (exact) mass is 217 g/mol. The van der Waals surface area contributed by atoms with E-state index in [-0.39, 0.29) is 5.76 Å². The molecule has 16 heavy (non-hydrogen) atoms. The summed E-state index contributed by atoms with van der Waals surface area (Å²) in [7, 11) is 0. The fourth-order valence-corrected chi connectivity index (χ4v) is 1.60. The minimum atomic E-state index is -1.11. The van der Waals surface area contributed by atoms with Crippen LogP contribution in [-0.2, 0) is 0 Å². The van der Waals surface area contributed by atoms with Crippen LogP contribution in [0.15, 0.2) is 28.8 Å². The first-order valence-corrected chi connectivity index (χ1v) is 4.85. The van der Waals surface area contributed by atoms with E-state index in [0.29, 0.717) is 5.69 Å². The van der Waals surface area contributed by atoms with Gasteiger partial charge in [0.1, 0.15) is 5.69 Å². The van der Waals surface area contributed by atoms with E-state index in [4.69, 9.17) is 9.63 Å². The first-order valence-electron chi connectivity index (χ1n) is 4.85. The average molecular weight is 217 g/mol. The van der Waals surface area contributed by atoms with Crippen LogP contribution >= 0.6 is 0 Å². The molecule has 82 valence electrons. The van der Waals surface area contributed by atoms with Gasteiger partial charge in [-0.25, -0.2) is 4.79 Å². The second-order valence-corrected chi connectivity index (χ2v) is 3.70. The molecule has 1 aromatic heterocycles. The van der Waals surface area contributed by atoms with E-state index < -0.39 is 5.97 Å². The maximum atomic E-state index is 10.7. The number of aryl methyl sites for hydroxylation is 2. The van der Waals surface area contributed by atoms with E-state index in [1.165, 1.54) is 6.07 Å². The highest BCUT2D eigenvalue weighted by molar-refractivity contribution is 5.85. The second kappa shape index (κ2) is 3.81. The van der Waals surface area contributed by atoms with Crippen LogP contribution in [0.3, 0.4) is 0 Å². The Labute approximate surface area is 92.5 Å². The van der Waals surface area contributed by atoms with E-state index in [2.05, 4.69) is 5.16 Å². The van der Waals surface area contributed by atoms with E-state index in [1.807, 2.05) is 32.0 Å². The second-order valence-electron chi connectivity index (χ2n) is 3.70. The minimum Gasteiger partial charge on any atom is -0.475 e. The van der Waals surface area contributed by atoms with E-state index in [0.717, 1.165) is 16.7 Å². The molecule has 0 unspecified atom stereocenters. The summed E-state index contributed by atoms with van der Waals surface area (Å²) in [6, 6.07) is 7.32. The van der Waals surface area contributed by atoms with Crippen molar-refractivity contribution in [3.63, 3.8) is 0 Å². The Hall–Kier alpha value is -2.10. The number of hydrogen-bond acceptors (Lipinski definition) is 3. The number of carboxylic acid groups (broad SMARTS) is 1. The van der Waals surface area contributed by atoms with Crippen molar-refractivity contribution in [3.8, 4) is 11.3 Å². The smallest absolute Gasteiger partial charge is 0.374 e. The molecule has 1 N–H and O–H groups in total. The molecule has 0 bridgehead atoms. The molecular weight excluding hydrogens is 206 g/mol. The van der Waals surface area contributed by atoms with Crippen molar-refractivity contribution in [1.82, 2.24) is 5.16 Å². The van der Waals surface area contributed by atoms with Gasteiger partial charge in [-0.05, 0) is 19.4 Å². The van der Waals surface area contributed by atoms with Crippen molar-refractivity contribution in [2.45, 2.75) is 13.8 Å². The van der Waals surface area contributed by atoms with Gasteiger partial charge in [0.05, 0.1) is 0 Å². The van der Waals surface area contributed by atoms with Gasteiger partial charge in [-0.3, -0.25) is 0 Å². The van der Waals surface area contributed by atoms with Gasteiger partial charge in [0.25, 0.3) is 0 Å². The number of carboxylic acids is 1.